The molecule has 0 spiro atoms. The molecule has 0 radical (unpaired) electrons. The molecule has 26 heavy (non-hydrogen) atoms. The Balaban J connectivity index is 1.84. The van der Waals surface area contributed by atoms with Crippen LogP contribution in [0.4, 0.5) is 0 Å². The molecule has 134 valence electrons. The molecule has 2 atom stereocenters. The van der Waals surface area contributed by atoms with Crippen LogP contribution >= 0.6 is 0 Å². The monoisotopic (exact) mass is 351 g/mol. The molecule has 1 saturated carbocycles. The molecule has 5 heteroatoms. The maximum Gasteiger partial charge on any atom is 0.313 e. The molecule has 1 heterocycles. The molecule has 2 aromatic carbocycles. The number of methoxy groups -OCH3 is 1. The second kappa shape index (κ2) is 6.48. The Morgan fingerprint density at radius 1 is 1.15 bits per heavy atom. The molecule has 1 aliphatic carbocycles. The van der Waals surface area contributed by atoms with E-state index in [-0.39, 0.29) is 5.91 Å². The van der Waals surface area contributed by atoms with E-state index in [4.69, 9.17) is 4.74 Å². The summed E-state index contributed by atoms with van der Waals surface area (Å²) in [6, 6.07) is 13.9. The van der Waals surface area contributed by atoms with Gasteiger partial charge in [0.2, 0.25) is 0 Å². The van der Waals surface area contributed by atoms with Crippen molar-refractivity contribution in [3.63, 3.8) is 0 Å². The summed E-state index contributed by atoms with van der Waals surface area (Å²) in [7, 11) is 1.59. The number of aliphatic carboxylic acids is 1. The topological polar surface area (TPSA) is 66.8 Å². The number of rotatable bonds is 5. The lowest BCUT2D eigenvalue weighted by molar-refractivity contribution is -0.140. The number of hydrogen-bond donors (Lipinski definition) is 1. The van der Waals surface area contributed by atoms with Crippen molar-refractivity contribution in [2.45, 2.75) is 24.8 Å². The van der Waals surface area contributed by atoms with Crippen molar-refractivity contribution in [3.8, 4) is 5.75 Å². The van der Waals surface area contributed by atoms with Crippen LogP contribution in [0.3, 0.4) is 0 Å². The third kappa shape index (κ3) is 2.83. The van der Waals surface area contributed by atoms with E-state index in [1.54, 1.807) is 36.3 Å². The zero-order valence-electron chi connectivity index (χ0n) is 14.6. The summed E-state index contributed by atoms with van der Waals surface area (Å²) >= 11 is 0. The summed E-state index contributed by atoms with van der Waals surface area (Å²) in [4.78, 5) is 27.1. The summed E-state index contributed by atoms with van der Waals surface area (Å²) in [5.41, 5.74) is 1.92. The predicted octanol–water partition coefficient (Wildman–Crippen LogP) is 3.47. The molecular weight excluding hydrogens is 330 g/mol. The highest BCUT2D eigenvalue weighted by Gasteiger charge is 2.45. The van der Waals surface area contributed by atoms with Gasteiger partial charge in [0, 0.05) is 12.1 Å². The summed E-state index contributed by atoms with van der Waals surface area (Å²) in [5.74, 6) is -0.593. The lowest BCUT2D eigenvalue weighted by atomic mass is 9.79. The molecule has 0 bridgehead atoms. The molecule has 1 fully saturated rings. The quantitative estimate of drug-likeness (QED) is 0.896. The standard InChI is InChI=1S/C21H21NO4/c1-26-15-10-8-14(9-11-15)19-18(21(24)25)16-4-2-3-5-17(16)20(23)22(19)12-13-6-7-13/h2-5,8-11,13,18-19H,6-7,12H2,1H3,(H,24,25). The Labute approximate surface area is 152 Å². The maximum atomic E-state index is 13.2. The highest BCUT2D eigenvalue weighted by Crippen LogP contribution is 2.45. The largest absolute Gasteiger partial charge is 0.497 e. The van der Waals surface area contributed by atoms with Gasteiger partial charge >= 0.3 is 5.97 Å². The third-order valence-corrected chi connectivity index (χ3v) is 5.31. The number of benzene rings is 2. The molecule has 4 rings (SSSR count). The van der Waals surface area contributed by atoms with Crippen LogP contribution in [0.2, 0.25) is 0 Å². The Kier molecular flexibility index (Phi) is 4.15. The van der Waals surface area contributed by atoms with Crippen molar-refractivity contribution < 1.29 is 19.4 Å². The second-order valence-electron chi connectivity index (χ2n) is 7.02. The van der Waals surface area contributed by atoms with E-state index in [1.165, 1.54) is 0 Å². The van der Waals surface area contributed by atoms with Crippen molar-refractivity contribution in [3.05, 3.63) is 65.2 Å². The summed E-state index contributed by atoms with van der Waals surface area (Å²) in [5, 5.41) is 10.0. The van der Waals surface area contributed by atoms with Gasteiger partial charge in [-0.2, -0.15) is 0 Å². The van der Waals surface area contributed by atoms with Crippen molar-refractivity contribution in [2.24, 2.45) is 5.92 Å². The molecule has 1 aliphatic heterocycles. The first kappa shape index (κ1) is 16.6. The highest BCUT2D eigenvalue weighted by atomic mass is 16.5. The van der Waals surface area contributed by atoms with E-state index in [9.17, 15) is 14.7 Å². The molecule has 0 aromatic heterocycles. The molecule has 1 N–H and O–H groups in total. The van der Waals surface area contributed by atoms with Gasteiger partial charge in [-0.15, -0.1) is 0 Å². The van der Waals surface area contributed by atoms with Gasteiger partial charge in [-0.25, -0.2) is 0 Å². The Morgan fingerprint density at radius 3 is 2.46 bits per heavy atom. The first-order valence-electron chi connectivity index (χ1n) is 8.87. The van der Waals surface area contributed by atoms with Crippen LogP contribution in [-0.4, -0.2) is 35.5 Å². The minimum Gasteiger partial charge on any atom is -0.497 e. The van der Waals surface area contributed by atoms with Gasteiger partial charge in [-0.3, -0.25) is 9.59 Å². The van der Waals surface area contributed by atoms with E-state index in [0.717, 1.165) is 18.4 Å². The van der Waals surface area contributed by atoms with Crippen molar-refractivity contribution >= 4 is 11.9 Å². The van der Waals surface area contributed by atoms with Gasteiger partial charge in [0.1, 0.15) is 11.7 Å². The number of hydrogen-bond acceptors (Lipinski definition) is 3. The number of fused-ring (bicyclic) bond motifs is 1. The van der Waals surface area contributed by atoms with Crippen LogP contribution in [0.25, 0.3) is 0 Å². The lowest BCUT2D eigenvalue weighted by Gasteiger charge is -2.41. The SMILES string of the molecule is COc1ccc(C2C(C(=O)O)c3ccccc3C(=O)N2CC2CC2)cc1. The van der Waals surface area contributed by atoms with Crippen LogP contribution in [0.15, 0.2) is 48.5 Å². The average molecular weight is 351 g/mol. The lowest BCUT2D eigenvalue weighted by Crippen LogP contribution is -2.45. The minimum absolute atomic E-state index is 0.0779. The Hall–Kier alpha value is -2.82. The van der Waals surface area contributed by atoms with E-state index in [2.05, 4.69) is 0 Å². The van der Waals surface area contributed by atoms with Gasteiger partial charge < -0.3 is 14.7 Å². The predicted molar refractivity (Wildman–Crippen MR) is 96.3 cm³/mol. The number of carboxylic acid groups (broad SMARTS) is 1. The van der Waals surface area contributed by atoms with Gasteiger partial charge in [-0.05, 0) is 48.1 Å². The first-order valence-corrected chi connectivity index (χ1v) is 8.87. The fourth-order valence-corrected chi connectivity index (χ4v) is 3.81. The zero-order chi connectivity index (χ0) is 18.3. The number of carboxylic acids is 1. The average Bonchev–Trinajstić information content (AvgIpc) is 3.48. The number of amides is 1. The van der Waals surface area contributed by atoms with E-state index in [1.807, 2.05) is 24.3 Å². The number of ether oxygens (including phenoxy) is 1. The van der Waals surface area contributed by atoms with Gasteiger partial charge in [0.25, 0.3) is 5.91 Å². The number of carbonyl (C=O) groups excluding carboxylic acids is 1. The van der Waals surface area contributed by atoms with Crippen molar-refractivity contribution in [1.29, 1.82) is 0 Å². The number of nitrogens with zero attached hydrogens (tertiary/aromatic N) is 1. The van der Waals surface area contributed by atoms with Crippen molar-refractivity contribution in [2.75, 3.05) is 13.7 Å². The Bertz CT molecular complexity index is 841. The fraction of sp³-hybridized carbons (Fsp3) is 0.333. The minimum atomic E-state index is -0.911. The summed E-state index contributed by atoms with van der Waals surface area (Å²) in [6.07, 6.45) is 2.19. The van der Waals surface area contributed by atoms with Crippen LogP contribution in [0.5, 0.6) is 5.75 Å². The number of carbonyl (C=O) groups is 2. The van der Waals surface area contributed by atoms with Crippen LogP contribution < -0.4 is 4.74 Å². The smallest absolute Gasteiger partial charge is 0.313 e. The van der Waals surface area contributed by atoms with E-state index < -0.39 is 17.9 Å². The van der Waals surface area contributed by atoms with Gasteiger partial charge in [0.05, 0.1) is 13.2 Å². The van der Waals surface area contributed by atoms with Gasteiger partial charge in [-0.1, -0.05) is 30.3 Å². The molecule has 2 unspecified atom stereocenters. The van der Waals surface area contributed by atoms with E-state index >= 15 is 0 Å². The molecular formula is C21H21NO4. The third-order valence-electron chi connectivity index (χ3n) is 5.31. The zero-order valence-corrected chi connectivity index (χ0v) is 14.6. The first-order chi connectivity index (χ1) is 12.6. The summed E-state index contributed by atoms with van der Waals surface area (Å²) in [6.45, 7) is 0.605. The summed E-state index contributed by atoms with van der Waals surface area (Å²) < 4.78 is 5.21. The maximum absolute atomic E-state index is 13.2. The molecule has 2 aliphatic rings. The van der Waals surface area contributed by atoms with Crippen LogP contribution in [-0.2, 0) is 4.79 Å². The second-order valence-corrected chi connectivity index (χ2v) is 7.02. The normalized spacial score (nSPS) is 22.0. The van der Waals surface area contributed by atoms with Crippen LogP contribution in [0, 0.1) is 5.92 Å². The fourth-order valence-electron chi connectivity index (χ4n) is 3.81. The molecule has 5 nitrogen and oxygen atoms in total. The molecule has 1 amide bonds. The van der Waals surface area contributed by atoms with E-state index in [0.29, 0.717) is 29.3 Å². The van der Waals surface area contributed by atoms with Gasteiger partial charge in [0.15, 0.2) is 0 Å². The van der Waals surface area contributed by atoms with Crippen LogP contribution in [0.1, 0.15) is 46.3 Å². The highest BCUT2D eigenvalue weighted by molar-refractivity contribution is 6.00. The molecule has 2 aromatic rings. The van der Waals surface area contributed by atoms with Crippen molar-refractivity contribution in [1.82, 2.24) is 4.90 Å². The molecule has 0 saturated heterocycles. The Morgan fingerprint density at radius 2 is 1.85 bits per heavy atom.